The predicted octanol–water partition coefficient (Wildman–Crippen LogP) is 3.61. The molecule has 2 rings (SSSR count). The number of rotatable bonds is 6. The van der Waals surface area contributed by atoms with Gasteiger partial charge in [-0.3, -0.25) is 10.1 Å². The number of esters is 1. The normalized spacial score (nSPS) is 10.5. The number of ether oxygens (including phenoxy) is 2. The molecule has 2 aromatic carbocycles. The van der Waals surface area contributed by atoms with E-state index in [2.05, 4.69) is 0 Å². The molecule has 0 unspecified atom stereocenters. The second-order valence-corrected chi connectivity index (χ2v) is 4.48. The molecule has 0 radical (unpaired) electrons. The molecule has 0 spiro atoms. The predicted molar refractivity (Wildman–Crippen MR) is 85.4 cm³/mol. The van der Waals surface area contributed by atoms with E-state index < -0.39 is 10.9 Å². The first-order valence-electron chi connectivity index (χ1n) is 6.96. The lowest BCUT2D eigenvalue weighted by molar-refractivity contribution is -0.384. The summed E-state index contributed by atoms with van der Waals surface area (Å²) in [5.41, 5.74) is 0.695. The van der Waals surface area contributed by atoms with Crippen LogP contribution in [0.1, 0.15) is 12.5 Å². The van der Waals surface area contributed by atoms with Gasteiger partial charge in [-0.25, -0.2) is 4.79 Å². The highest BCUT2D eigenvalue weighted by Gasteiger charge is 2.06. The number of carbonyl (C=O) groups is 1. The van der Waals surface area contributed by atoms with Crippen molar-refractivity contribution in [3.63, 3.8) is 0 Å². The van der Waals surface area contributed by atoms with Crippen LogP contribution in [0.25, 0.3) is 6.08 Å². The maximum absolute atomic E-state index is 11.8. The number of non-ortho nitro benzene ring substituents is 1. The quantitative estimate of drug-likeness (QED) is 0.267. The molecule has 0 fully saturated rings. The molecular formula is C17H15NO5. The molecule has 6 nitrogen and oxygen atoms in total. The molecule has 0 saturated carbocycles. The molecular weight excluding hydrogens is 298 g/mol. The van der Waals surface area contributed by atoms with Crippen molar-refractivity contribution in [2.24, 2.45) is 0 Å². The van der Waals surface area contributed by atoms with Crippen LogP contribution in [0.5, 0.6) is 11.5 Å². The Morgan fingerprint density at radius 2 is 1.87 bits per heavy atom. The Labute approximate surface area is 133 Å². The van der Waals surface area contributed by atoms with Gasteiger partial charge in [0.05, 0.1) is 11.5 Å². The number of nitro benzene ring substituents is 1. The van der Waals surface area contributed by atoms with E-state index >= 15 is 0 Å². The molecule has 118 valence electrons. The van der Waals surface area contributed by atoms with E-state index in [9.17, 15) is 14.9 Å². The molecule has 0 aliphatic heterocycles. The van der Waals surface area contributed by atoms with Gasteiger partial charge in [-0.1, -0.05) is 18.2 Å². The van der Waals surface area contributed by atoms with Gasteiger partial charge in [0, 0.05) is 23.8 Å². The second-order valence-electron chi connectivity index (χ2n) is 4.48. The molecule has 23 heavy (non-hydrogen) atoms. The summed E-state index contributed by atoms with van der Waals surface area (Å²) in [6.45, 7) is 2.40. The molecule has 6 heteroatoms. The molecule has 0 saturated heterocycles. The van der Waals surface area contributed by atoms with Crippen LogP contribution in [0.4, 0.5) is 5.69 Å². The van der Waals surface area contributed by atoms with Crippen LogP contribution in [0.15, 0.2) is 54.6 Å². The topological polar surface area (TPSA) is 78.7 Å². The van der Waals surface area contributed by atoms with Gasteiger partial charge >= 0.3 is 5.97 Å². The zero-order valence-electron chi connectivity index (χ0n) is 12.5. The first-order valence-corrected chi connectivity index (χ1v) is 6.96. The Kier molecular flexibility index (Phi) is 5.46. The van der Waals surface area contributed by atoms with Crippen LogP contribution in [0.3, 0.4) is 0 Å². The fourth-order valence-electron chi connectivity index (χ4n) is 1.85. The van der Waals surface area contributed by atoms with E-state index in [1.807, 2.05) is 31.2 Å². The summed E-state index contributed by atoms with van der Waals surface area (Å²) in [5.74, 6) is 0.336. The maximum atomic E-state index is 11.8. The lowest BCUT2D eigenvalue weighted by Crippen LogP contribution is -2.03. The van der Waals surface area contributed by atoms with Crippen molar-refractivity contribution in [2.75, 3.05) is 6.61 Å². The van der Waals surface area contributed by atoms with Crippen molar-refractivity contribution in [3.05, 3.63) is 70.3 Å². The van der Waals surface area contributed by atoms with E-state index in [1.54, 1.807) is 6.08 Å². The molecule has 0 aliphatic rings. The lowest BCUT2D eigenvalue weighted by Gasteiger charge is -2.06. The Morgan fingerprint density at radius 1 is 1.17 bits per heavy atom. The standard InChI is InChI=1S/C17H15NO5/c1-2-22-16-6-4-3-5-13(16)7-12-17(19)23-15-10-8-14(9-11-15)18(20)21/h3-12H,2H2,1H3/b12-7+. The second kappa shape index (κ2) is 7.74. The Bertz CT molecular complexity index is 722. The summed E-state index contributed by atoms with van der Waals surface area (Å²) in [5, 5.41) is 10.6. The first kappa shape index (κ1) is 16.2. The summed E-state index contributed by atoms with van der Waals surface area (Å²) in [7, 11) is 0. The summed E-state index contributed by atoms with van der Waals surface area (Å²) in [4.78, 5) is 21.8. The van der Waals surface area contributed by atoms with E-state index in [1.165, 1.54) is 30.3 Å². The molecule has 0 N–H and O–H groups in total. The monoisotopic (exact) mass is 313 g/mol. The van der Waals surface area contributed by atoms with Gasteiger partial charge in [-0.15, -0.1) is 0 Å². The molecule has 0 amide bonds. The van der Waals surface area contributed by atoms with E-state index in [4.69, 9.17) is 9.47 Å². The van der Waals surface area contributed by atoms with Gasteiger partial charge < -0.3 is 9.47 Å². The van der Waals surface area contributed by atoms with E-state index in [0.29, 0.717) is 12.4 Å². The fourth-order valence-corrected chi connectivity index (χ4v) is 1.85. The van der Waals surface area contributed by atoms with Crippen LogP contribution in [0.2, 0.25) is 0 Å². The van der Waals surface area contributed by atoms with Crippen molar-refractivity contribution in [2.45, 2.75) is 6.92 Å². The first-order chi connectivity index (χ1) is 11.1. The average Bonchev–Trinajstić information content (AvgIpc) is 2.55. The minimum absolute atomic E-state index is 0.0639. The van der Waals surface area contributed by atoms with Gasteiger partial charge in [-0.2, -0.15) is 0 Å². The molecule has 0 heterocycles. The largest absolute Gasteiger partial charge is 0.493 e. The number of hydrogen-bond donors (Lipinski definition) is 0. The highest BCUT2D eigenvalue weighted by atomic mass is 16.6. The zero-order valence-corrected chi connectivity index (χ0v) is 12.5. The van der Waals surface area contributed by atoms with Gasteiger partial charge in [0.1, 0.15) is 11.5 Å². The smallest absolute Gasteiger partial charge is 0.336 e. The molecule has 0 aromatic heterocycles. The lowest BCUT2D eigenvalue weighted by atomic mass is 10.2. The number of nitro groups is 1. The molecule has 0 atom stereocenters. The maximum Gasteiger partial charge on any atom is 0.336 e. The SMILES string of the molecule is CCOc1ccccc1/C=C/C(=O)Oc1ccc([N+](=O)[O-])cc1. The third-order valence-corrected chi connectivity index (χ3v) is 2.88. The van der Waals surface area contributed by atoms with Gasteiger partial charge in [-0.05, 0) is 31.2 Å². The average molecular weight is 313 g/mol. The van der Waals surface area contributed by atoms with E-state index in [0.717, 1.165) is 5.56 Å². The number of para-hydroxylation sites is 1. The Hall–Kier alpha value is -3.15. The number of carbonyl (C=O) groups excluding carboxylic acids is 1. The Balaban J connectivity index is 2.03. The minimum atomic E-state index is -0.579. The van der Waals surface area contributed by atoms with E-state index in [-0.39, 0.29) is 11.4 Å². The highest BCUT2D eigenvalue weighted by Crippen LogP contribution is 2.20. The highest BCUT2D eigenvalue weighted by molar-refractivity contribution is 5.89. The fraction of sp³-hybridized carbons (Fsp3) is 0.118. The van der Waals surface area contributed by atoms with Crippen LogP contribution in [-0.4, -0.2) is 17.5 Å². The summed E-state index contributed by atoms with van der Waals surface area (Å²) in [6, 6.07) is 12.6. The summed E-state index contributed by atoms with van der Waals surface area (Å²) < 4.78 is 10.5. The zero-order chi connectivity index (χ0) is 16.7. The van der Waals surface area contributed by atoms with Crippen molar-refractivity contribution >= 4 is 17.7 Å². The minimum Gasteiger partial charge on any atom is -0.493 e. The third-order valence-electron chi connectivity index (χ3n) is 2.88. The molecule has 0 aliphatic carbocycles. The van der Waals surface area contributed by atoms with Gasteiger partial charge in [0.25, 0.3) is 5.69 Å². The molecule has 0 bridgehead atoms. The van der Waals surface area contributed by atoms with Gasteiger partial charge in [0.15, 0.2) is 0 Å². The number of benzene rings is 2. The van der Waals surface area contributed by atoms with Crippen LogP contribution >= 0.6 is 0 Å². The third kappa shape index (κ3) is 4.67. The number of hydrogen-bond acceptors (Lipinski definition) is 5. The summed E-state index contributed by atoms with van der Waals surface area (Å²) >= 11 is 0. The van der Waals surface area contributed by atoms with Crippen molar-refractivity contribution in [3.8, 4) is 11.5 Å². The van der Waals surface area contributed by atoms with Crippen molar-refractivity contribution < 1.29 is 19.2 Å². The Morgan fingerprint density at radius 3 is 2.52 bits per heavy atom. The van der Waals surface area contributed by atoms with Gasteiger partial charge in [0.2, 0.25) is 0 Å². The van der Waals surface area contributed by atoms with Crippen LogP contribution in [0, 0.1) is 10.1 Å². The van der Waals surface area contributed by atoms with Crippen LogP contribution in [-0.2, 0) is 4.79 Å². The van der Waals surface area contributed by atoms with Crippen molar-refractivity contribution in [1.29, 1.82) is 0 Å². The molecule has 2 aromatic rings. The van der Waals surface area contributed by atoms with Crippen LogP contribution < -0.4 is 9.47 Å². The number of nitrogens with zero attached hydrogens (tertiary/aromatic N) is 1. The van der Waals surface area contributed by atoms with Crippen molar-refractivity contribution in [1.82, 2.24) is 0 Å². The summed E-state index contributed by atoms with van der Waals surface area (Å²) in [6.07, 6.45) is 2.87.